The molecule has 23 heavy (non-hydrogen) atoms. The molecule has 1 aromatic rings. The molecule has 1 N–H and O–H groups in total. The van der Waals surface area contributed by atoms with Crippen molar-refractivity contribution in [2.45, 2.75) is 51.7 Å². The lowest BCUT2D eigenvalue weighted by atomic mass is 10.0. The molecule has 0 aromatic heterocycles. The zero-order chi connectivity index (χ0) is 17.0. The third kappa shape index (κ3) is 5.68. The van der Waals surface area contributed by atoms with Crippen LogP contribution in [0.3, 0.4) is 0 Å². The molecule has 1 amide bonds. The van der Waals surface area contributed by atoms with Gasteiger partial charge in [-0.25, -0.2) is 4.79 Å². The van der Waals surface area contributed by atoms with Crippen molar-refractivity contribution in [2.75, 3.05) is 18.4 Å². The van der Waals surface area contributed by atoms with Crippen molar-refractivity contribution in [3.8, 4) is 0 Å². The highest BCUT2D eigenvalue weighted by Crippen LogP contribution is 2.27. The van der Waals surface area contributed by atoms with E-state index in [4.69, 9.17) is 4.74 Å². The number of nitrogens with one attached hydrogen (secondary N) is 1. The standard InChI is InChI=1S/C17H24Br2N2O2/c1-17(2,3)23-16(22)21-9-5-4-6-13(21)11-20-15-10-12(18)7-8-14(15)19/h7-8,10,13,20H,4-6,9,11H2,1-3H3. The molecule has 1 aliphatic heterocycles. The van der Waals surface area contributed by atoms with E-state index < -0.39 is 5.60 Å². The summed E-state index contributed by atoms with van der Waals surface area (Å²) < 4.78 is 7.58. The van der Waals surface area contributed by atoms with Crippen molar-refractivity contribution in [3.05, 3.63) is 27.1 Å². The fourth-order valence-electron chi connectivity index (χ4n) is 2.63. The summed E-state index contributed by atoms with van der Waals surface area (Å²) in [6, 6.07) is 6.18. The molecule has 0 aliphatic carbocycles. The van der Waals surface area contributed by atoms with Gasteiger partial charge in [-0.05, 0) is 74.2 Å². The van der Waals surface area contributed by atoms with Gasteiger partial charge in [0, 0.05) is 27.7 Å². The minimum Gasteiger partial charge on any atom is -0.444 e. The molecule has 4 nitrogen and oxygen atoms in total. The van der Waals surface area contributed by atoms with Gasteiger partial charge in [-0.3, -0.25) is 0 Å². The van der Waals surface area contributed by atoms with E-state index in [9.17, 15) is 4.79 Å². The molecule has 0 spiro atoms. The van der Waals surface area contributed by atoms with E-state index in [1.807, 2.05) is 43.9 Å². The monoisotopic (exact) mass is 446 g/mol. The van der Waals surface area contributed by atoms with Gasteiger partial charge in [-0.1, -0.05) is 15.9 Å². The van der Waals surface area contributed by atoms with E-state index in [1.165, 1.54) is 0 Å². The van der Waals surface area contributed by atoms with Gasteiger partial charge in [0.2, 0.25) is 0 Å². The predicted molar refractivity (Wildman–Crippen MR) is 101 cm³/mol. The van der Waals surface area contributed by atoms with Crippen LogP contribution in [0.4, 0.5) is 10.5 Å². The molecule has 1 heterocycles. The first-order valence-electron chi connectivity index (χ1n) is 7.95. The fraction of sp³-hybridized carbons (Fsp3) is 0.588. The number of likely N-dealkylation sites (tertiary alicyclic amines) is 1. The summed E-state index contributed by atoms with van der Waals surface area (Å²) >= 11 is 7.04. The first-order valence-corrected chi connectivity index (χ1v) is 9.53. The van der Waals surface area contributed by atoms with Crippen LogP contribution < -0.4 is 5.32 Å². The van der Waals surface area contributed by atoms with Gasteiger partial charge in [0.25, 0.3) is 0 Å². The van der Waals surface area contributed by atoms with Crippen molar-refractivity contribution >= 4 is 43.6 Å². The highest BCUT2D eigenvalue weighted by molar-refractivity contribution is 9.11. The second-order valence-electron chi connectivity index (χ2n) is 6.83. The van der Waals surface area contributed by atoms with Crippen LogP contribution in [0.25, 0.3) is 0 Å². The van der Waals surface area contributed by atoms with Gasteiger partial charge in [0.1, 0.15) is 5.60 Å². The topological polar surface area (TPSA) is 41.6 Å². The summed E-state index contributed by atoms with van der Waals surface area (Å²) in [6.07, 6.45) is 2.97. The molecule has 1 saturated heterocycles. The molecular weight excluding hydrogens is 424 g/mol. The van der Waals surface area contributed by atoms with Crippen LogP contribution in [0.15, 0.2) is 27.1 Å². The molecule has 1 unspecified atom stereocenters. The molecule has 0 saturated carbocycles. The lowest BCUT2D eigenvalue weighted by molar-refractivity contribution is 0.0114. The van der Waals surface area contributed by atoms with E-state index in [2.05, 4.69) is 37.2 Å². The van der Waals surface area contributed by atoms with Crippen molar-refractivity contribution in [1.82, 2.24) is 4.90 Å². The molecule has 128 valence electrons. The van der Waals surface area contributed by atoms with Gasteiger partial charge in [-0.15, -0.1) is 0 Å². The van der Waals surface area contributed by atoms with Crippen molar-refractivity contribution in [2.24, 2.45) is 0 Å². The highest BCUT2D eigenvalue weighted by atomic mass is 79.9. The number of nitrogens with zero attached hydrogens (tertiary/aromatic N) is 1. The maximum absolute atomic E-state index is 12.4. The largest absolute Gasteiger partial charge is 0.444 e. The summed E-state index contributed by atoms with van der Waals surface area (Å²) in [5.74, 6) is 0. The molecule has 2 rings (SSSR count). The molecule has 0 radical (unpaired) electrons. The number of hydrogen-bond acceptors (Lipinski definition) is 3. The molecule has 1 aliphatic rings. The molecule has 1 aromatic carbocycles. The van der Waals surface area contributed by atoms with E-state index in [1.54, 1.807) is 0 Å². The number of piperidine rings is 1. The minimum absolute atomic E-state index is 0.157. The Morgan fingerprint density at radius 1 is 1.35 bits per heavy atom. The van der Waals surface area contributed by atoms with Crippen LogP contribution in [0.5, 0.6) is 0 Å². The molecule has 0 bridgehead atoms. The Hall–Kier alpha value is -0.750. The first kappa shape index (κ1) is 18.6. The van der Waals surface area contributed by atoms with Gasteiger partial charge < -0.3 is 15.0 Å². The number of carbonyl (C=O) groups excluding carboxylic acids is 1. The molecule has 6 heteroatoms. The number of benzene rings is 1. The van der Waals surface area contributed by atoms with Crippen LogP contribution in [-0.2, 0) is 4.74 Å². The van der Waals surface area contributed by atoms with Gasteiger partial charge >= 0.3 is 6.09 Å². The second-order valence-corrected chi connectivity index (χ2v) is 8.60. The van der Waals surface area contributed by atoms with Crippen LogP contribution in [0.1, 0.15) is 40.0 Å². The quantitative estimate of drug-likeness (QED) is 0.673. The Labute approximate surface area is 155 Å². The number of ether oxygens (including phenoxy) is 1. The van der Waals surface area contributed by atoms with Crippen molar-refractivity contribution in [3.63, 3.8) is 0 Å². The number of anilines is 1. The molecule has 1 fully saturated rings. The zero-order valence-corrected chi connectivity index (χ0v) is 17.0. The Bertz CT molecular complexity index is 558. The van der Waals surface area contributed by atoms with Crippen LogP contribution in [0.2, 0.25) is 0 Å². The average Bonchev–Trinajstić information content (AvgIpc) is 2.47. The predicted octanol–water partition coefficient (Wildman–Crippen LogP) is 5.41. The average molecular weight is 448 g/mol. The lowest BCUT2D eigenvalue weighted by Crippen LogP contribution is -2.48. The maximum atomic E-state index is 12.4. The van der Waals surface area contributed by atoms with E-state index >= 15 is 0 Å². The maximum Gasteiger partial charge on any atom is 0.410 e. The number of rotatable bonds is 3. The summed E-state index contributed by atoms with van der Waals surface area (Å²) in [6.45, 7) is 7.19. The van der Waals surface area contributed by atoms with E-state index in [0.717, 1.165) is 40.4 Å². The number of amides is 1. The van der Waals surface area contributed by atoms with Crippen molar-refractivity contribution in [1.29, 1.82) is 0 Å². The SMILES string of the molecule is CC(C)(C)OC(=O)N1CCCCC1CNc1cc(Br)ccc1Br. The number of hydrogen-bond donors (Lipinski definition) is 1. The zero-order valence-electron chi connectivity index (χ0n) is 13.9. The van der Waals surface area contributed by atoms with Gasteiger partial charge in [0.05, 0.1) is 6.04 Å². The normalized spacial score (nSPS) is 18.7. The molecule has 1 atom stereocenters. The molecular formula is C17H24Br2N2O2. The fourth-order valence-corrected chi connectivity index (χ4v) is 3.38. The Morgan fingerprint density at radius 3 is 2.78 bits per heavy atom. The third-order valence-electron chi connectivity index (χ3n) is 3.71. The summed E-state index contributed by atoms with van der Waals surface area (Å²) in [4.78, 5) is 14.3. The smallest absolute Gasteiger partial charge is 0.410 e. The van der Waals surface area contributed by atoms with E-state index in [-0.39, 0.29) is 12.1 Å². The van der Waals surface area contributed by atoms with Gasteiger partial charge in [0.15, 0.2) is 0 Å². The summed E-state index contributed by atoms with van der Waals surface area (Å²) in [5.41, 5.74) is 0.564. The lowest BCUT2D eigenvalue weighted by Gasteiger charge is -2.37. The van der Waals surface area contributed by atoms with Crippen LogP contribution in [0, 0.1) is 0 Å². The Morgan fingerprint density at radius 2 is 2.09 bits per heavy atom. The van der Waals surface area contributed by atoms with Crippen LogP contribution in [-0.4, -0.2) is 35.7 Å². The summed E-state index contributed by atoms with van der Waals surface area (Å²) in [7, 11) is 0. The van der Waals surface area contributed by atoms with Crippen LogP contribution >= 0.6 is 31.9 Å². The van der Waals surface area contributed by atoms with Crippen molar-refractivity contribution < 1.29 is 9.53 Å². The minimum atomic E-state index is -0.459. The summed E-state index contributed by atoms with van der Waals surface area (Å²) in [5, 5.41) is 3.44. The number of carbonyl (C=O) groups is 1. The Kier molecular flexibility index (Phi) is 6.37. The Balaban J connectivity index is 2.01. The highest BCUT2D eigenvalue weighted by Gasteiger charge is 2.30. The number of halogens is 2. The second kappa shape index (κ2) is 7.88. The third-order valence-corrected chi connectivity index (χ3v) is 4.90. The van der Waals surface area contributed by atoms with Gasteiger partial charge in [-0.2, -0.15) is 0 Å². The first-order chi connectivity index (χ1) is 10.8. The van der Waals surface area contributed by atoms with E-state index in [0.29, 0.717) is 6.54 Å².